The molecule has 0 unspecified atom stereocenters. The Morgan fingerprint density at radius 2 is 1.95 bits per heavy atom. The van der Waals surface area contributed by atoms with Gasteiger partial charge in [0, 0.05) is 23.9 Å². The van der Waals surface area contributed by atoms with Crippen LogP contribution >= 0.6 is 11.6 Å². The summed E-state index contributed by atoms with van der Waals surface area (Å²) in [4.78, 5) is 11.6. The molecule has 2 rings (SSSR count). The highest BCUT2D eigenvalue weighted by Gasteiger charge is 2.09. The molecule has 0 aliphatic rings. The standard InChI is InChI=1S/C17H22ClNO2/c1-13-11-15-12-16(21-10-6-4-3-5-9-18)7-8-17(15)19(13)14(2)20/h7-8,11-12H,3-6,9-10H2,1-2H3. The predicted octanol–water partition coefficient (Wildman–Crippen LogP) is 4.79. The predicted molar refractivity (Wildman–Crippen MR) is 87.7 cm³/mol. The summed E-state index contributed by atoms with van der Waals surface area (Å²) < 4.78 is 7.50. The molecule has 0 atom stereocenters. The van der Waals surface area contributed by atoms with Gasteiger partial charge < -0.3 is 4.74 Å². The summed E-state index contributed by atoms with van der Waals surface area (Å²) in [6.07, 6.45) is 4.43. The average molecular weight is 308 g/mol. The normalized spacial score (nSPS) is 11.0. The van der Waals surface area contributed by atoms with Gasteiger partial charge in [0.25, 0.3) is 0 Å². The molecule has 0 aliphatic carbocycles. The largest absolute Gasteiger partial charge is 0.494 e. The molecule has 1 heterocycles. The Morgan fingerprint density at radius 1 is 1.19 bits per heavy atom. The molecule has 0 saturated heterocycles. The minimum absolute atomic E-state index is 0.0375. The van der Waals surface area contributed by atoms with E-state index in [9.17, 15) is 4.79 Å². The van der Waals surface area contributed by atoms with Gasteiger partial charge in [0.1, 0.15) is 5.75 Å². The number of unbranched alkanes of at least 4 members (excludes halogenated alkanes) is 3. The number of aromatic nitrogens is 1. The second-order valence-electron chi connectivity index (χ2n) is 5.31. The average Bonchev–Trinajstić information content (AvgIpc) is 2.77. The van der Waals surface area contributed by atoms with Crippen molar-refractivity contribution < 1.29 is 9.53 Å². The van der Waals surface area contributed by atoms with E-state index in [1.54, 1.807) is 11.5 Å². The van der Waals surface area contributed by atoms with E-state index >= 15 is 0 Å². The smallest absolute Gasteiger partial charge is 0.228 e. The molecule has 0 spiro atoms. The summed E-state index contributed by atoms with van der Waals surface area (Å²) in [6, 6.07) is 7.90. The van der Waals surface area contributed by atoms with Gasteiger partial charge in [-0.1, -0.05) is 12.8 Å². The lowest BCUT2D eigenvalue weighted by Gasteiger charge is -2.07. The number of hydrogen-bond acceptors (Lipinski definition) is 2. The zero-order valence-electron chi connectivity index (χ0n) is 12.7. The fourth-order valence-corrected chi connectivity index (χ4v) is 2.77. The Kier molecular flexibility index (Phi) is 5.68. The third-order valence-electron chi connectivity index (χ3n) is 3.57. The molecule has 1 aromatic carbocycles. The number of nitrogens with zero attached hydrogens (tertiary/aromatic N) is 1. The topological polar surface area (TPSA) is 31.2 Å². The van der Waals surface area contributed by atoms with E-state index in [-0.39, 0.29) is 5.91 Å². The Labute approximate surface area is 130 Å². The lowest BCUT2D eigenvalue weighted by molar-refractivity contribution is 0.0940. The van der Waals surface area contributed by atoms with E-state index in [2.05, 4.69) is 0 Å². The van der Waals surface area contributed by atoms with E-state index in [1.807, 2.05) is 31.2 Å². The van der Waals surface area contributed by atoms with Crippen molar-refractivity contribution in [2.45, 2.75) is 39.5 Å². The molecule has 0 aliphatic heterocycles. The first kappa shape index (κ1) is 15.9. The number of carbonyl (C=O) groups excluding carboxylic acids is 1. The van der Waals surface area contributed by atoms with E-state index in [4.69, 9.17) is 16.3 Å². The minimum Gasteiger partial charge on any atom is -0.494 e. The molecule has 114 valence electrons. The van der Waals surface area contributed by atoms with E-state index in [0.29, 0.717) is 0 Å². The number of hydrogen-bond donors (Lipinski definition) is 0. The van der Waals surface area contributed by atoms with Gasteiger partial charge >= 0.3 is 0 Å². The number of carbonyl (C=O) groups is 1. The monoisotopic (exact) mass is 307 g/mol. The maximum absolute atomic E-state index is 11.6. The Balaban J connectivity index is 1.98. The number of halogens is 1. The van der Waals surface area contributed by atoms with Crippen LogP contribution in [0.5, 0.6) is 5.75 Å². The fraction of sp³-hybridized carbons (Fsp3) is 0.471. The summed E-state index contributed by atoms with van der Waals surface area (Å²) in [5, 5.41) is 1.04. The molecule has 2 aromatic rings. The summed E-state index contributed by atoms with van der Waals surface area (Å²) in [5.41, 5.74) is 1.89. The van der Waals surface area contributed by atoms with Gasteiger partial charge in [0.15, 0.2) is 0 Å². The second-order valence-corrected chi connectivity index (χ2v) is 5.69. The summed E-state index contributed by atoms with van der Waals surface area (Å²) in [7, 11) is 0. The van der Waals surface area contributed by atoms with Gasteiger partial charge in [-0.3, -0.25) is 9.36 Å². The van der Waals surface area contributed by atoms with E-state index < -0.39 is 0 Å². The minimum atomic E-state index is 0.0375. The molecule has 0 fully saturated rings. The van der Waals surface area contributed by atoms with Crippen LogP contribution in [0.4, 0.5) is 0 Å². The molecule has 0 N–H and O–H groups in total. The highest BCUT2D eigenvalue weighted by atomic mass is 35.5. The molecule has 0 bridgehead atoms. The van der Waals surface area contributed by atoms with E-state index in [1.165, 1.54) is 0 Å². The summed E-state index contributed by atoms with van der Waals surface area (Å²) in [6.45, 7) is 4.25. The second kappa shape index (κ2) is 7.51. The van der Waals surface area contributed by atoms with Crippen molar-refractivity contribution in [1.82, 2.24) is 4.57 Å². The number of alkyl halides is 1. The van der Waals surface area contributed by atoms with Crippen molar-refractivity contribution in [3.63, 3.8) is 0 Å². The Morgan fingerprint density at radius 3 is 2.67 bits per heavy atom. The third kappa shape index (κ3) is 4.01. The maximum atomic E-state index is 11.6. The van der Waals surface area contributed by atoms with Gasteiger partial charge in [-0.05, 0) is 44.0 Å². The van der Waals surface area contributed by atoms with Crippen molar-refractivity contribution in [2.24, 2.45) is 0 Å². The molecule has 1 aromatic heterocycles. The van der Waals surface area contributed by atoms with Crippen LogP contribution in [-0.4, -0.2) is 23.0 Å². The van der Waals surface area contributed by atoms with Crippen LogP contribution in [0.1, 0.15) is 43.1 Å². The SMILES string of the molecule is CC(=O)n1c(C)cc2cc(OCCCCCCCl)ccc21. The molecule has 4 heteroatoms. The van der Waals surface area contributed by atoms with Crippen molar-refractivity contribution in [2.75, 3.05) is 12.5 Å². The first-order valence-electron chi connectivity index (χ1n) is 7.45. The molecular formula is C17H22ClNO2. The van der Waals surface area contributed by atoms with Crippen LogP contribution in [0, 0.1) is 6.92 Å². The zero-order valence-corrected chi connectivity index (χ0v) is 13.4. The molecule has 0 saturated carbocycles. The lowest BCUT2D eigenvalue weighted by atomic mass is 10.2. The van der Waals surface area contributed by atoms with Gasteiger partial charge in [0.2, 0.25) is 5.91 Å². The highest BCUT2D eigenvalue weighted by molar-refractivity contribution is 6.17. The van der Waals surface area contributed by atoms with Gasteiger partial charge in [-0.15, -0.1) is 11.6 Å². The summed E-state index contributed by atoms with van der Waals surface area (Å²) in [5.74, 6) is 1.64. The first-order valence-corrected chi connectivity index (χ1v) is 7.98. The zero-order chi connectivity index (χ0) is 15.2. The van der Waals surface area contributed by atoms with Crippen LogP contribution < -0.4 is 4.74 Å². The third-order valence-corrected chi connectivity index (χ3v) is 3.84. The maximum Gasteiger partial charge on any atom is 0.228 e. The molecular weight excluding hydrogens is 286 g/mol. The lowest BCUT2D eigenvalue weighted by Crippen LogP contribution is -2.06. The van der Waals surface area contributed by atoms with Gasteiger partial charge in [0.05, 0.1) is 12.1 Å². The molecule has 0 radical (unpaired) electrons. The van der Waals surface area contributed by atoms with Crippen molar-refractivity contribution >= 4 is 28.4 Å². The molecule has 0 amide bonds. The number of ether oxygens (including phenoxy) is 1. The Hall–Kier alpha value is -1.48. The van der Waals surface area contributed by atoms with Crippen LogP contribution in [0.25, 0.3) is 10.9 Å². The van der Waals surface area contributed by atoms with Crippen LogP contribution in [0.15, 0.2) is 24.3 Å². The van der Waals surface area contributed by atoms with Crippen molar-refractivity contribution in [3.05, 3.63) is 30.0 Å². The molecule has 21 heavy (non-hydrogen) atoms. The first-order chi connectivity index (χ1) is 10.1. The van der Waals surface area contributed by atoms with Crippen LogP contribution in [0.3, 0.4) is 0 Å². The molecule has 3 nitrogen and oxygen atoms in total. The number of benzene rings is 1. The van der Waals surface area contributed by atoms with Gasteiger partial charge in [-0.2, -0.15) is 0 Å². The summed E-state index contributed by atoms with van der Waals surface area (Å²) >= 11 is 5.65. The number of fused-ring (bicyclic) bond motifs is 1. The Bertz CT molecular complexity index is 619. The van der Waals surface area contributed by atoms with Gasteiger partial charge in [-0.25, -0.2) is 0 Å². The quantitative estimate of drug-likeness (QED) is 0.544. The van der Waals surface area contributed by atoms with Crippen molar-refractivity contribution in [3.8, 4) is 5.75 Å². The fourth-order valence-electron chi connectivity index (χ4n) is 2.58. The van der Waals surface area contributed by atoms with Crippen LogP contribution in [-0.2, 0) is 0 Å². The highest BCUT2D eigenvalue weighted by Crippen LogP contribution is 2.24. The number of rotatable bonds is 7. The van der Waals surface area contributed by atoms with E-state index in [0.717, 1.165) is 60.5 Å². The van der Waals surface area contributed by atoms with Crippen LogP contribution in [0.2, 0.25) is 0 Å². The number of aryl methyl sites for hydroxylation is 1. The van der Waals surface area contributed by atoms with Crippen molar-refractivity contribution in [1.29, 1.82) is 0 Å².